The van der Waals surface area contributed by atoms with Crippen LogP contribution in [0, 0.1) is 6.92 Å². The topological polar surface area (TPSA) is 93.2 Å². The molecule has 0 saturated carbocycles. The molecule has 180 valence electrons. The van der Waals surface area contributed by atoms with Crippen LogP contribution >= 0.6 is 24.0 Å². The zero-order chi connectivity index (χ0) is 22.8. The molecule has 1 heterocycles. The van der Waals surface area contributed by atoms with Crippen LogP contribution in [0.25, 0.3) is 0 Å². The number of nitrogens with one attached hydrogen (secondary N) is 3. The predicted octanol–water partition coefficient (Wildman–Crippen LogP) is 2.88. The van der Waals surface area contributed by atoms with Crippen molar-refractivity contribution in [1.29, 1.82) is 0 Å². The SMILES string of the molecule is CN=C(NCCNC(=O)c1cccc(OC)c1)NCc1ccc(C)cc1OC1CCOC1.I. The second kappa shape index (κ2) is 13.9. The molecule has 1 aliphatic heterocycles. The monoisotopic (exact) mass is 568 g/mol. The van der Waals surface area contributed by atoms with Crippen molar-refractivity contribution < 1.29 is 19.0 Å². The van der Waals surface area contributed by atoms with Gasteiger partial charge in [0.05, 0.1) is 20.3 Å². The lowest BCUT2D eigenvalue weighted by Gasteiger charge is -2.18. The van der Waals surface area contributed by atoms with Crippen molar-refractivity contribution in [2.75, 3.05) is 40.5 Å². The van der Waals surface area contributed by atoms with Crippen molar-refractivity contribution in [2.45, 2.75) is 26.0 Å². The minimum atomic E-state index is -0.147. The van der Waals surface area contributed by atoms with E-state index in [1.54, 1.807) is 38.4 Å². The molecule has 0 bridgehead atoms. The summed E-state index contributed by atoms with van der Waals surface area (Å²) in [7, 11) is 3.29. The average molecular weight is 568 g/mol. The van der Waals surface area contributed by atoms with Crippen molar-refractivity contribution in [3.63, 3.8) is 0 Å². The summed E-state index contributed by atoms with van der Waals surface area (Å²) in [6.07, 6.45) is 1.01. The molecule has 0 aliphatic carbocycles. The van der Waals surface area contributed by atoms with Crippen molar-refractivity contribution in [1.82, 2.24) is 16.0 Å². The number of aryl methyl sites for hydroxylation is 1. The predicted molar refractivity (Wildman–Crippen MR) is 140 cm³/mol. The van der Waals surface area contributed by atoms with E-state index in [0.717, 1.165) is 29.9 Å². The smallest absolute Gasteiger partial charge is 0.251 e. The van der Waals surface area contributed by atoms with Gasteiger partial charge in [-0.05, 0) is 36.8 Å². The molecular weight excluding hydrogens is 535 g/mol. The highest BCUT2D eigenvalue weighted by atomic mass is 127. The van der Waals surface area contributed by atoms with E-state index in [0.29, 0.717) is 43.5 Å². The molecule has 0 aromatic heterocycles. The third-order valence-corrected chi connectivity index (χ3v) is 5.11. The van der Waals surface area contributed by atoms with Gasteiger partial charge in [-0.1, -0.05) is 18.2 Å². The number of methoxy groups -OCH3 is 1. The number of ether oxygens (including phenoxy) is 3. The van der Waals surface area contributed by atoms with E-state index >= 15 is 0 Å². The van der Waals surface area contributed by atoms with E-state index in [-0.39, 0.29) is 36.0 Å². The first-order valence-corrected chi connectivity index (χ1v) is 10.8. The first kappa shape index (κ1) is 26.7. The molecule has 33 heavy (non-hydrogen) atoms. The molecule has 1 atom stereocenters. The van der Waals surface area contributed by atoms with Crippen molar-refractivity contribution in [3.05, 3.63) is 59.2 Å². The average Bonchev–Trinajstić information content (AvgIpc) is 3.32. The Bertz CT molecular complexity index is 932. The number of hydrogen-bond donors (Lipinski definition) is 3. The van der Waals surface area contributed by atoms with E-state index in [1.807, 2.05) is 0 Å². The van der Waals surface area contributed by atoms with Gasteiger partial charge in [0.1, 0.15) is 17.6 Å². The van der Waals surface area contributed by atoms with Gasteiger partial charge in [0.2, 0.25) is 0 Å². The van der Waals surface area contributed by atoms with E-state index in [1.165, 1.54) is 0 Å². The van der Waals surface area contributed by atoms with E-state index in [4.69, 9.17) is 14.2 Å². The van der Waals surface area contributed by atoms with Gasteiger partial charge >= 0.3 is 0 Å². The van der Waals surface area contributed by atoms with Gasteiger partial charge < -0.3 is 30.2 Å². The molecule has 1 saturated heterocycles. The number of aliphatic imine (C=N–C) groups is 1. The summed E-state index contributed by atoms with van der Waals surface area (Å²) >= 11 is 0. The van der Waals surface area contributed by atoms with E-state index in [9.17, 15) is 4.79 Å². The lowest BCUT2D eigenvalue weighted by Crippen LogP contribution is -2.41. The van der Waals surface area contributed by atoms with Crippen LogP contribution in [0.3, 0.4) is 0 Å². The van der Waals surface area contributed by atoms with Gasteiger partial charge in [-0.15, -0.1) is 24.0 Å². The number of carbonyl (C=O) groups excluding carboxylic acids is 1. The fraction of sp³-hybridized carbons (Fsp3) is 0.417. The van der Waals surface area contributed by atoms with Crippen LogP contribution in [0.4, 0.5) is 0 Å². The summed E-state index contributed by atoms with van der Waals surface area (Å²) in [5.74, 6) is 2.02. The van der Waals surface area contributed by atoms with Gasteiger partial charge in [0.15, 0.2) is 5.96 Å². The van der Waals surface area contributed by atoms with Crippen LogP contribution in [-0.4, -0.2) is 58.4 Å². The number of halogens is 1. The summed E-state index contributed by atoms with van der Waals surface area (Å²) in [5.41, 5.74) is 2.76. The highest BCUT2D eigenvalue weighted by Crippen LogP contribution is 2.23. The highest BCUT2D eigenvalue weighted by Gasteiger charge is 2.18. The summed E-state index contributed by atoms with van der Waals surface area (Å²) in [4.78, 5) is 16.5. The van der Waals surface area contributed by atoms with Crippen molar-refractivity contribution in [2.24, 2.45) is 4.99 Å². The van der Waals surface area contributed by atoms with Gasteiger partial charge in [0, 0.05) is 44.2 Å². The second-order valence-corrected chi connectivity index (χ2v) is 7.56. The number of amides is 1. The lowest BCUT2D eigenvalue weighted by atomic mass is 10.1. The van der Waals surface area contributed by atoms with Gasteiger partial charge in [-0.3, -0.25) is 9.79 Å². The molecule has 3 N–H and O–H groups in total. The highest BCUT2D eigenvalue weighted by molar-refractivity contribution is 14.0. The zero-order valence-corrected chi connectivity index (χ0v) is 21.7. The van der Waals surface area contributed by atoms with Crippen LogP contribution < -0.4 is 25.4 Å². The standard InChI is InChI=1S/C24H32N4O4.HI/c1-17-7-8-19(22(13-17)32-21-9-12-31-16-21)15-28-24(25-2)27-11-10-26-23(29)18-5-4-6-20(14-18)30-3;/h4-8,13-14,21H,9-12,15-16H2,1-3H3,(H,26,29)(H2,25,27,28);1H. The Labute approximate surface area is 212 Å². The maximum absolute atomic E-state index is 12.3. The minimum absolute atomic E-state index is 0. The summed E-state index contributed by atoms with van der Waals surface area (Å²) < 4.78 is 16.7. The Morgan fingerprint density at radius 1 is 1.15 bits per heavy atom. The van der Waals surface area contributed by atoms with Crippen LogP contribution in [0.1, 0.15) is 27.9 Å². The third kappa shape index (κ3) is 8.39. The molecule has 0 spiro atoms. The molecule has 8 nitrogen and oxygen atoms in total. The largest absolute Gasteiger partial charge is 0.497 e. The van der Waals surface area contributed by atoms with Crippen LogP contribution in [0.5, 0.6) is 11.5 Å². The minimum Gasteiger partial charge on any atom is -0.497 e. The molecule has 1 amide bonds. The second-order valence-electron chi connectivity index (χ2n) is 7.56. The molecule has 1 unspecified atom stereocenters. The lowest BCUT2D eigenvalue weighted by molar-refractivity contribution is 0.0954. The Morgan fingerprint density at radius 3 is 2.70 bits per heavy atom. The molecule has 2 aromatic carbocycles. The number of guanidine groups is 1. The zero-order valence-electron chi connectivity index (χ0n) is 19.3. The van der Waals surface area contributed by atoms with Crippen LogP contribution in [0.15, 0.2) is 47.5 Å². The summed E-state index contributed by atoms with van der Waals surface area (Å²) in [6.45, 7) is 4.98. The summed E-state index contributed by atoms with van der Waals surface area (Å²) in [6, 6.07) is 13.3. The third-order valence-electron chi connectivity index (χ3n) is 5.11. The number of benzene rings is 2. The Balaban J connectivity index is 0.00000385. The van der Waals surface area contributed by atoms with E-state index < -0.39 is 0 Å². The van der Waals surface area contributed by atoms with E-state index in [2.05, 4.69) is 46.1 Å². The van der Waals surface area contributed by atoms with Crippen molar-refractivity contribution >= 4 is 35.8 Å². The maximum Gasteiger partial charge on any atom is 0.251 e. The molecule has 2 aromatic rings. The Hall–Kier alpha value is -2.53. The fourth-order valence-corrected chi connectivity index (χ4v) is 3.33. The molecule has 1 aliphatic rings. The van der Waals surface area contributed by atoms with Crippen LogP contribution in [0.2, 0.25) is 0 Å². The Kier molecular flexibility index (Phi) is 11.2. The molecule has 3 rings (SSSR count). The summed E-state index contributed by atoms with van der Waals surface area (Å²) in [5, 5.41) is 9.40. The van der Waals surface area contributed by atoms with Crippen LogP contribution in [-0.2, 0) is 11.3 Å². The normalized spacial score (nSPS) is 15.4. The number of carbonyl (C=O) groups is 1. The number of nitrogens with zero attached hydrogens (tertiary/aromatic N) is 1. The number of hydrogen-bond acceptors (Lipinski definition) is 5. The quantitative estimate of drug-likeness (QED) is 0.187. The first-order valence-electron chi connectivity index (χ1n) is 10.8. The van der Waals surface area contributed by atoms with Crippen molar-refractivity contribution in [3.8, 4) is 11.5 Å². The van der Waals surface area contributed by atoms with Gasteiger partial charge in [0.25, 0.3) is 5.91 Å². The van der Waals surface area contributed by atoms with Gasteiger partial charge in [-0.25, -0.2) is 0 Å². The maximum atomic E-state index is 12.3. The van der Waals surface area contributed by atoms with Gasteiger partial charge in [-0.2, -0.15) is 0 Å². The molecule has 9 heteroatoms. The molecular formula is C24H33IN4O4. The molecule has 1 fully saturated rings. The molecule has 0 radical (unpaired) electrons. The number of rotatable bonds is 9. The Morgan fingerprint density at radius 2 is 1.97 bits per heavy atom. The fourth-order valence-electron chi connectivity index (χ4n) is 3.33. The first-order chi connectivity index (χ1) is 15.6.